The number of benzene rings is 1. The van der Waals surface area contributed by atoms with E-state index in [9.17, 15) is 0 Å². The van der Waals surface area contributed by atoms with Crippen LogP contribution in [0.25, 0.3) is 0 Å². The van der Waals surface area contributed by atoms with Crippen molar-refractivity contribution < 1.29 is 9.47 Å². The highest BCUT2D eigenvalue weighted by atomic mass is 16.5. The van der Waals surface area contributed by atoms with E-state index in [2.05, 4.69) is 28.6 Å². The van der Waals surface area contributed by atoms with Gasteiger partial charge in [-0.15, -0.1) is 0 Å². The van der Waals surface area contributed by atoms with Crippen molar-refractivity contribution in [2.45, 2.75) is 26.2 Å². The van der Waals surface area contributed by atoms with E-state index >= 15 is 0 Å². The van der Waals surface area contributed by atoms with Gasteiger partial charge in [0.2, 0.25) is 0 Å². The fourth-order valence-corrected chi connectivity index (χ4v) is 2.04. The van der Waals surface area contributed by atoms with Gasteiger partial charge in [0.25, 0.3) is 0 Å². The van der Waals surface area contributed by atoms with Gasteiger partial charge >= 0.3 is 0 Å². The zero-order valence-electron chi connectivity index (χ0n) is 14.0. The van der Waals surface area contributed by atoms with Crippen molar-refractivity contribution in [2.75, 3.05) is 40.5 Å². The Morgan fingerprint density at radius 2 is 1.91 bits per heavy atom. The summed E-state index contributed by atoms with van der Waals surface area (Å²) in [6.07, 6.45) is 3.17. The maximum absolute atomic E-state index is 5.51. The summed E-state index contributed by atoms with van der Waals surface area (Å²) < 4.78 is 10.9. The molecular weight excluding hydrogens is 278 g/mol. The molecule has 22 heavy (non-hydrogen) atoms. The Hall–Kier alpha value is -1.75. The molecule has 0 aliphatic rings. The Labute approximate surface area is 134 Å². The van der Waals surface area contributed by atoms with Crippen LogP contribution in [0.4, 0.5) is 0 Å². The molecule has 124 valence electrons. The molecule has 0 unspecified atom stereocenters. The fraction of sp³-hybridized carbons (Fsp3) is 0.588. The summed E-state index contributed by atoms with van der Waals surface area (Å²) in [6.45, 7) is 5.26. The lowest BCUT2D eigenvalue weighted by molar-refractivity contribution is 0.136. The van der Waals surface area contributed by atoms with Gasteiger partial charge < -0.3 is 20.1 Å². The normalized spacial score (nSPS) is 11.3. The minimum absolute atomic E-state index is 0.702. The van der Waals surface area contributed by atoms with Crippen LogP contribution in [0.2, 0.25) is 0 Å². The number of para-hydroxylation sites is 1. The highest BCUT2D eigenvalue weighted by molar-refractivity contribution is 5.79. The molecule has 0 saturated carbocycles. The number of methoxy groups -OCH3 is 1. The molecular formula is C17H29N3O2. The number of nitrogens with one attached hydrogen (secondary N) is 2. The summed E-state index contributed by atoms with van der Waals surface area (Å²) in [5.41, 5.74) is 1.19. The molecule has 5 heteroatoms. The topological polar surface area (TPSA) is 54.9 Å². The van der Waals surface area contributed by atoms with Crippen molar-refractivity contribution in [3.63, 3.8) is 0 Å². The lowest BCUT2D eigenvalue weighted by Gasteiger charge is -2.13. The predicted octanol–water partition coefficient (Wildman–Crippen LogP) is 2.22. The third-order valence-corrected chi connectivity index (χ3v) is 3.28. The van der Waals surface area contributed by atoms with E-state index in [1.54, 1.807) is 14.2 Å². The van der Waals surface area contributed by atoms with Gasteiger partial charge in [0, 0.05) is 26.7 Å². The van der Waals surface area contributed by atoms with E-state index in [0.29, 0.717) is 6.61 Å². The molecule has 2 N–H and O–H groups in total. The Balaban J connectivity index is 2.21. The standard InChI is InChI=1S/C17H29N3O2/c1-4-5-13-22-14-12-20-17(18-2)19-11-10-15-8-6-7-9-16(15)21-3/h6-9H,4-5,10-14H2,1-3H3,(H2,18,19,20). The number of aliphatic imine (C=N–C) groups is 1. The van der Waals surface area contributed by atoms with Crippen molar-refractivity contribution >= 4 is 5.96 Å². The smallest absolute Gasteiger partial charge is 0.191 e. The van der Waals surface area contributed by atoms with Gasteiger partial charge in [-0.1, -0.05) is 31.5 Å². The number of hydrogen-bond acceptors (Lipinski definition) is 3. The van der Waals surface area contributed by atoms with Crippen LogP contribution < -0.4 is 15.4 Å². The van der Waals surface area contributed by atoms with Gasteiger partial charge in [0.15, 0.2) is 5.96 Å². The van der Waals surface area contributed by atoms with Crippen molar-refractivity contribution in [3.05, 3.63) is 29.8 Å². The molecule has 1 rings (SSSR count). The van der Waals surface area contributed by atoms with E-state index in [0.717, 1.165) is 44.2 Å². The van der Waals surface area contributed by atoms with Crippen LogP contribution in [0.5, 0.6) is 5.75 Å². The minimum atomic E-state index is 0.702. The quantitative estimate of drug-likeness (QED) is 0.395. The number of hydrogen-bond donors (Lipinski definition) is 2. The molecule has 0 atom stereocenters. The molecule has 0 fully saturated rings. The van der Waals surface area contributed by atoms with Crippen LogP contribution in [0, 0.1) is 0 Å². The first kappa shape index (κ1) is 18.3. The monoisotopic (exact) mass is 307 g/mol. The minimum Gasteiger partial charge on any atom is -0.496 e. The maximum Gasteiger partial charge on any atom is 0.191 e. The molecule has 0 aliphatic carbocycles. The lowest BCUT2D eigenvalue weighted by Crippen LogP contribution is -2.39. The number of nitrogens with zero attached hydrogens (tertiary/aromatic N) is 1. The summed E-state index contributed by atoms with van der Waals surface area (Å²) in [4.78, 5) is 4.20. The lowest BCUT2D eigenvalue weighted by atomic mass is 10.1. The molecule has 5 nitrogen and oxygen atoms in total. The van der Waals surface area contributed by atoms with Crippen LogP contribution >= 0.6 is 0 Å². The average molecular weight is 307 g/mol. The average Bonchev–Trinajstić information content (AvgIpc) is 2.56. The summed E-state index contributed by atoms with van der Waals surface area (Å²) in [6, 6.07) is 8.07. The van der Waals surface area contributed by atoms with Gasteiger partial charge in [0.05, 0.1) is 13.7 Å². The molecule has 0 aromatic heterocycles. The Morgan fingerprint density at radius 3 is 2.64 bits per heavy atom. The highest BCUT2D eigenvalue weighted by Crippen LogP contribution is 2.17. The summed E-state index contributed by atoms with van der Waals surface area (Å²) >= 11 is 0. The molecule has 0 saturated heterocycles. The van der Waals surface area contributed by atoms with Crippen LogP contribution in [0.15, 0.2) is 29.3 Å². The van der Waals surface area contributed by atoms with Crippen molar-refractivity contribution in [1.82, 2.24) is 10.6 Å². The van der Waals surface area contributed by atoms with Crippen LogP contribution in [-0.4, -0.2) is 46.4 Å². The first-order valence-electron chi connectivity index (χ1n) is 7.96. The zero-order valence-corrected chi connectivity index (χ0v) is 14.0. The van der Waals surface area contributed by atoms with Gasteiger partial charge in [-0.2, -0.15) is 0 Å². The van der Waals surface area contributed by atoms with E-state index in [1.807, 2.05) is 18.2 Å². The van der Waals surface area contributed by atoms with Crippen molar-refractivity contribution in [3.8, 4) is 5.75 Å². The highest BCUT2D eigenvalue weighted by Gasteiger charge is 2.02. The summed E-state index contributed by atoms with van der Waals surface area (Å²) in [5.74, 6) is 1.73. The van der Waals surface area contributed by atoms with E-state index in [-0.39, 0.29) is 0 Å². The maximum atomic E-state index is 5.51. The van der Waals surface area contributed by atoms with Crippen LogP contribution in [0.3, 0.4) is 0 Å². The van der Waals surface area contributed by atoms with E-state index in [1.165, 1.54) is 12.0 Å². The Morgan fingerprint density at radius 1 is 1.14 bits per heavy atom. The second kappa shape index (κ2) is 11.9. The molecule has 1 aromatic rings. The second-order valence-electron chi connectivity index (χ2n) is 4.95. The Bertz CT molecular complexity index is 436. The zero-order chi connectivity index (χ0) is 16.0. The molecule has 0 bridgehead atoms. The first-order chi connectivity index (χ1) is 10.8. The van der Waals surface area contributed by atoms with Gasteiger partial charge in [0.1, 0.15) is 5.75 Å². The number of rotatable bonds is 10. The van der Waals surface area contributed by atoms with Gasteiger partial charge in [-0.3, -0.25) is 4.99 Å². The SMILES string of the molecule is CCCCOCCNC(=NC)NCCc1ccccc1OC. The Kier molecular flexibility index (Phi) is 9.87. The molecule has 1 aromatic carbocycles. The molecule has 0 heterocycles. The van der Waals surface area contributed by atoms with Gasteiger partial charge in [-0.25, -0.2) is 0 Å². The van der Waals surface area contributed by atoms with Crippen LogP contribution in [-0.2, 0) is 11.2 Å². The molecule has 0 amide bonds. The second-order valence-corrected chi connectivity index (χ2v) is 4.95. The number of ether oxygens (including phenoxy) is 2. The van der Waals surface area contributed by atoms with Gasteiger partial charge in [-0.05, 0) is 24.5 Å². The van der Waals surface area contributed by atoms with Crippen molar-refractivity contribution in [2.24, 2.45) is 4.99 Å². The molecule has 0 spiro atoms. The number of guanidine groups is 1. The largest absolute Gasteiger partial charge is 0.496 e. The van der Waals surface area contributed by atoms with E-state index < -0.39 is 0 Å². The summed E-state index contributed by atoms with van der Waals surface area (Å²) in [5, 5.41) is 6.54. The van der Waals surface area contributed by atoms with Crippen LogP contribution in [0.1, 0.15) is 25.3 Å². The molecule has 0 aliphatic heterocycles. The fourth-order valence-electron chi connectivity index (χ4n) is 2.04. The van der Waals surface area contributed by atoms with E-state index in [4.69, 9.17) is 9.47 Å². The predicted molar refractivity (Wildman–Crippen MR) is 91.8 cm³/mol. The summed E-state index contributed by atoms with van der Waals surface area (Å²) in [7, 11) is 3.47. The first-order valence-corrected chi connectivity index (χ1v) is 7.96. The molecule has 0 radical (unpaired) electrons. The van der Waals surface area contributed by atoms with Crippen molar-refractivity contribution in [1.29, 1.82) is 0 Å². The number of unbranched alkanes of at least 4 members (excludes halogenated alkanes) is 1. The third kappa shape index (κ3) is 7.31. The third-order valence-electron chi connectivity index (χ3n) is 3.28.